The highest BCUT2D eigenvalue weighted by Crippen LogP contribution is 2.28. The van der Waals surface area contributed by atoms with Crippen LogP contribution in [0.5, 0.6) is 0 Å². The third-order valence-corrected chi connectivity index (χ3v) is 2.66. The van der Waals surface area contributed by atoms with Crippen LogP contribution in [0.3, 0.4) is 0 Å². The lowest BCUT2D eigenvalue weighted by atomic mass is 9.82. The maximum Gasteiger partial charge on any atom is 0.508 e. The topological polar surface area (TPSA) is 92.0 Å². The summed E-state index contributed by atoms with van der Waals surface area (Å²) < 4.78 is 72.0. The third-order valence-electron chi connectivity index (χ3n) is 2.29. The molecule has 15 heteroatoms. The number of nitrogens with zero attached hydrogens (tertiary/aromatic N) is 4. The minimum Gasteiger partial charge on any atom is -0.422 e. The summed E-state index contributed by atoms with van der Waals surface area (Å²) in [6.07, 6.45) is -7.48. The standard InChI is InChI=1S/C5H3BClF3N2O2.C5H2ClF3N2/c7-4-11-1-2(5(8,9)10)3(12-4)6(13)14;6-4-10-1-3(2-11-4)5(7,8)9/h1,13-14H;1-2H. The van der Waals surface area contributed by atoms with Gasteiger partial charge in [-0.15, -0.1) is 0 Å². The number of halogens is 8. The van der Waals surface area contributed by atoms with Crippen molar-refractivity contribution < 1.29 is 36.4 Å². The molecule has 2 aromatic rings. The molecule has 0 aliphatic heterocycles. The highest BCUT2D eigenvalue weighted by atomic mass is 35.5. The molecule has 0 aromatic carbocycles. The summed E-state index contributed by atoms with van der Waals surface area (Å²) in [5, 5.41) is 16.5. The second-order valence-corrected chi connectivity index (χ2v) is 4.72. The predicted octanol–water partition coefficient (Wildman–Crippen LogP) is 1.98. The minimum atomic E-state index is -4.75. The van der Waals surface area contributed by atoms with Crippen molar-refractivity contribution in [2.24, 2.45) is 0 Å². The Kier molecular flexibility index (Phi) is 6.94. The van der Waals surface area contributed by atoms with Crippen LogP contribution < -0.4 is 5.59 Å². The first-order valence-corrected chi connectivity index (χ1v) is 6.58. The van der Waals surface area contributed by atoms with E-state index < -0.39 is 41.5 Å². The molecule has 0 atom stereocenters. The maximum absolute atomic E-state index is 12.2. The van der Waals surface area contributed by atoms with Gasteiger partial charge in [-0.05, 0) is 23.2 Å². The van der Waals surface area contributed by atoms with Crippen LogP contribution in [0.15, 0.2) is 18.6 Å². The van der Waals surface area contributed by atoms with E-state index in [4.69, 9.17) is 33.2 Å². The van der Waals surface area contributed by atoms with Crippen LogP contribution in [0.2, 0.25) is 10.6 Å². The van der Waals surface area contributed by atoms with Crippen molar-refractivity contribution in [1.29, 1.82) is 0 Å². The van der Waals surface area contributed by atoms with Crippen molar-refractivity contribution in [2.45, 2.75) is 12.4 Å². The Labute approximate surface area is 145 Å². The lowest BCUT2D eigenvalue weighted by Gasteiger charge is -2.10. The normalized spacial score (nSPS) is 11.6. The molecule has 0 amide bonds. The number of aromatic nitrogens is 4. The first-order valence-electron chi connectivity index (χ1n) is 5.83. The molecule has 6 nitrogen and oxygen atoms in total. The van der Waals surface area contributed by atoms with Crippen LogP contribution >= 0.6 is 23.2 Å². The summed E-state index contributed by atoms with van der Waals surface area (Å²) >= 11 is 10.4. The second kappa shape index (κ2) is 8.12. The van der Waals surface area contributed by atoms with E-state index in [0.29, 0.717) is 18.6 Å². The molecule has 136 valence electrons. The third kappa shape index (κ3) is 6.61. The second-order valence-electron chi connectivity index (χ2n) is 4.05. The molecule has 0 saturated carbocycles. The fourth-order valence-corrected chi connectivity index (χ4v) is 1.48. The van der Waals surface area contributed by atoms with E-state index in [1.807, 2.05) is 0 Å². The molecule has 2 heterocycles. The number of alkyl halides is 6. The molecular formula is C10H5BCl2F6N4O2. The van der Waals surface area contributed by atoms with Crippen LogP contribution in [0.4, 0.5) is 26.3 Å². The van der Waals surface area contributed by atoms with Crippen molar-refractivity contribution in [2.75, 3.05) is 0 Å². The lowest BCUT2D eigenvalue weighted by Crippen LogP contribution is -2.39. The van der Waals surface area contributed by atoms with E-state index in [9.17, 15) is 26.3 Å². The zero-order chi connectivity index (χ0) is 19.4. The molecule has 0 bridgehead atoms. The molecule has 0 aliphatic rings. The first-order chi connectivity index (χ1) is 11.3. The average molecular weight is 409 g/mol. The molecule has 0 fully saturated rings. The molecule has 2 N–H and O–H groups in total. The first kappa shape index (κ1) is 21.3. The van der Waals surface area contributed by atoms with E-state index in [2.05, 4.69) is 19.9 Å². The van der Waals surface area contributed by atoms with Crippen LogP contribution in [0, 0.1) is 0 Å². The van der Waals surface area contributed by atoms with Gasteiger partial charge < -0.3 is 10.0 Å². The van der Waals surface area contributed by atoms with Gasteiger partial charge in [0, 0.05) is 18.6 Å². The molecule has 0 radical (unpaired) electrons. The maximum atomic E-state index is 12.2. The van der Waals surface area contributed by atoms with Crippen molar-refractivity contribution in [1.82, 2.24) is 19.9 Å². The zero-order valence-corrected chi connectivity index (χ0v) is 13.0. The van der Waals surface area contributed by atoms with Crippen LogP contribution in [-0.2, 0) is 12.4 Å². The average Bonchev–Trinajstić information content (AvgIpc) is 2.46. The van der Waals surface area contributed by atoms with Gasteiger partial charge >= 0.3 is 19.5 Å². The molecule has 2 aromatic heterocycles. The monoisotopic (exact) mass is 408 g/mol. The van der Waals surface area contributed by atoms with Crippen molar-refractivity contribution in [3.63, 3.8) is 0 Å². The fourth-order valence-electron chi connectivity index (χ4n) is 1.25. The Morgan fingerprint density at radius 2 is 1.28 bits per heavy atom. The lowest BCUT2D eigenvalue weighted by molar-refractivity contribution is -0.138. The van der Waals surface area contributed by atoms with E-state index in [0.717, 1.165) is 0 Å². The van der Waals surface area contributed by atoms with Gasteiger partial charge in [-0.2, -0.15) is 26.3 Å². The highest BCUT2D eigenvalue weighted by molar-refractivity contribution is 6.58. The molecule has 0 saturated heterocycles. The summed E-state index contributed by atoms with van der Waals surface area (Å²) in [7, 11) is -2.34. The molecule has 2 rings (SSSR count). The van der Waals surface area contributed by atoms with Crippen molar-refractivity contribution in [3.05, 3.63) is 40.3 Å². The number of rotatable bonds is 1. The fraction of sp³-hybridized carbons (Fsp3) is 0.200. The zero-order valence-electron chi connectivity index (χ0n) is 11.5. The van der Waals surface area contributed by atoms with Gasteiger partial charge in [-0.1, -0.05) is 0 Å². The van der Waals surface area contributed by atoms with Crippen molar-refractivity contribution in [3.8, 4) is 0 Å². The summed E-state index contributed by atoms with van der Waals surface area (Å²) in [6, 6.07) is 0. The van der Waals surface area contributed by atoms with Crippen molar-refractivity contribution >= 4 is 35.9 Å². The SMILES string of the molecule is FC(F)(F)c1cnc(Cl)nc1.OB(O)c1nc(Cl)ncc1C(F)(F)F. The predicted molar refractivity (Wildman–Crippen MR) is 73.9 cm³/mol. The van der Waals surface area contributed by atoms with E-state index in [1.54, 1.807) is 0 Å². The van der Waals surface area contributed by atoms with Gasteiger partial charge in [0.2, 0.25) is 10.6 Å². The summed E-state index contributed by atoms with van der Waals surface area (Å²) in [5.41, 5.74) is -3.18. The Morgan fingerprint density at radius 3 is 1.68 bits per heavy atom. The molecule has 0 spiro atoms. The smallest absolute Gasteiger partial charge is 0.422 e. The van der Waals surface area contributed by atoms with Gasteiger partial charge in [-0.3, -0.25) is 0 Å². The van der Waals surface area contributed by atoms with Crippen LogP contribution in [0.1, 0.15) is 11.1 Å². The largest absolute Gasteiger partial charge is 0.508 e. The van der Waals surface area contributed by atoms with E-state index in [-0.39, 0.29) is 5.28 Å². The van der Waals surface area contributed by atoms with Gasteiger partial charge in [0.1, 0.15) is 0 Å². The Morgan fingerprint density at radius 1 is 0.800 bits per heavy atom. The number of hydrogen-bond acceptors (Lipinski definition) is 6. The Bertz CT molecular complexity index is 714. The quantitative estimate of drug-likeness (QED) is 0.426. The molecular weight excluding hydrogens is 404 g/mol. The molecule has 25 heavy (non-hydrogen) atoms. The number of hydrogen-bond donors (Lipinski definition) is 2. The summed E-state index contributed by atoms with van der Waals surface area (Å²) in [4.78, 5) is 12.5. The minimum absolute atomic E-state index is 0.196. The Hall–Kier alpha value is -1.70. The van der Waals surface area contributed by atoms with Gasteiger partial charge in [0.25, 0.3) is 0 Å². The van der Waals surface area contributed by atoms with Gasteiger partial charge in [0.05, 0.1) is 16.7 Å². The van der Waals surface area contributed by atoms with E-state index >= 15 is 0 Å². The van der Waals surface area contributed by atoms with Gasteiger partial charge in [0.15, 0.2) is 0 Å². The highest BCUT2D eigenvalue weighted by Gasteiger charge is 2.38. The summed E-state index contributed by atoms with van der Waals surface area (Å²) in [6.45, 7) is 0. The molecule has 0 aliphatic carbocycles. The van der Waals surface area contributed by atoms with Crippen LogP contribution in [0.25, 0.3) is 0 Å². The van der Waals surface area contributed by atoms with Gasteiger partial charge in [-0.25, -0.2) is 19.9 Å². The van der Waals surface area contributed by atoms with E-state index in [1.165, 1.54) is 0 Å². The Balaban J connectivity index is 0.000000257. The summed E-state index contributed by atoms with van der Waals surface area (Å²) in [5.74, 6) is 0. The van der Waals surface area contributed by atoms with Crippen LogP contribution in [-0.4, -0.2) is 37.1 Å². The molecule has 0 unspecified atom stereocenters.